The Kier molecular flexibility index (Phi) is 7.72. The smallest absolute Gasteiger partial charge is 0.324 e. The zero-order valence-corrected chi connectivity index (χ0v) is 15.2. The van der Waals surface area contributed by atoms with Crippen LogP contribution in [0.4, 0.5) is 0 Å². The summed E-state index contributed by atoms with van der Waals surface area (Å²) in [5.41, 5.74) is 0.974. The summed E-state index contributed by atoms with van der Waals surface area (Å²) in [6.45, 7) is 8.07. The van der Waals surface area contributed by atoms with Crippen LogP contribution in [0.5, 0.6) is 0 Å². The van der Waals surface area contributed by atoms with Gasteiger partial charge in [0.15, 0.2) is 0 Å². The van der Waals surface area contributed by atoms with Gasteiger partial charge in [-0.3, -0.25) is 4.79 Å². The summed E-state index contributed by atoms with van der Waals surface area (Å²) in [6.07, 6.45) is 2.08. The van der Waals surface area contributed by atoms with Gasteiger partial charge in [-0.1, -0.05) is 44.9 Å². The molecule has 1 aromatic carbocycles. The molecule has 0 amide bonds. The Morgan fingerprint density at radius 1 is 1.22 bits per heavy atom. The number of unbranched alkanes of at least 4 members (excludes halogenated alkanes) is 1. The molecule has 6 heteroatoms. The van der Waals surface area contributed by atoms with Crippen LogP contribution in [0.15, 0.2) is 29.2 Å². The Balaban J connectivity index is 2.86. The fourth-order valence-electron chi connectivity index (χ4n) is 2.05. The third-order valence-electron chi connectivity index (χ3n) is 3.36. The highest BCUT2D eigenvalue weighted by molar-refractivity contribution is 7.89. The summed E-state index contributed by atoms with van der Waals surface area (Å²) in [6, 6.07) is 5.66. The predicted octanol–water partition coefficient (Wildman–Crippen LogP) is 3.03. The minimum Gasteiger partial charge on any atom is -0.465 e. The first-order chi connectivity index (χ1) is 10.8. The minimum atomic E-state index is -3.75. The topological polar surface area (TPSA) is 72.5 Å². The Labute approximate surface area is 139 Å². The van der Waals surface area contributed by atoms with Gasteiger partial charge in [-0.05, 0) is 37.8 Å². The van der Waals surface area contributed by atoms with Crippen LogP contribution in [-0.2, 0) is 19.6 Å². The van der Waals surface area contributed by atoms with E-state index in [9.17, 15) is 13.2 Å². The number of rotatable bonds is 9. The second kappa shape index (κ2) is 9.03. The molecule has 23 heavy (non-hydrogen) atoms. The molecule has 1 aromatic rings. The Hall–Kier alpha value is -1.40. The minimum absolute atomic E-state index is 0.151. The quantitative estimate of drug-likeness (QED) is 0.553. The van der Waals surface area contributed by atoms with E-state index in [1.165, 1.54) is 12.1 Å². The van der Waals surface area contributed by atoms with Gasteiger partial charge in [0.1, 0.15) is 6.04 Å². The maximum atomic E-state index is 12.5. The number of esters is 1. The number of aryl methyl sites for hydroxylation is 1. The van der Waals surface area contributed by atoms with Crippen molar-refractivity contribution in [1.82, 2.24) is 4.72 Å². The van der Waals surface area contributed by atoms with Crippen LogP contribution in [0, 0.1) is 12.8 Å². The predicted molar refractivity (Wildman–Crippen MR) is 90.6 cm³/mol. The van der Waals surface area contributed by atoms with E-state index in [0.717, 1.165) is 18.4 Å². The lowest BCUT2D eigenvalue weighted by molar-refractivity contribution is -0.146. The molecule has 0 bridgehead atoms. The summed E-state index contributed by atoms with van der Waals surface area (Å²) < 4.78 is 32.6. The molecule has 130 valence electrons. The normalized spacial score (nSPS) is 13.1. The number of hydrogen-bond acceptors (Lipinski definition) is 4. The molecule has 1 N–H and O–H groups in total. The van der Waals surface area contributed by atoms with Crippen molar-refractivity contribution < 1.29 is 17.9 Å². The zero-order chi connectivity index (χ0) is 17.5. The highest BCUT2D eigenvalue weighted by Crippen LogP contribution is 2.14. The van der Waals surface area contributed by atoms with Crippen molar-refractivity contribution in [3.63, 3.8) is 0 Å². The second-order valence-corrected chi connectivity index (χ2v) is 7.85. The molecule has 0 aromatic heterocycles. The van der Waals surface area contributed by atoms with E-state index < -0.39 is 22.0 Å². The monoisotopic (exact) mass is 341 g/mol. The van der Waals surface area contributed by atoms with Crippen molar-refractivity contribution in [2.75, 3.05) is 6.61 Å². The van der Waals surface area contributed by atoms with Crippen LogP contribution in [0.1, 0.15) is 45.6 Å². The molecule has 5 nitrogen and oxygen atoms in total. The summed E-state index contributed by atoms with van der Waals surface area (Å²) >= 11 is 0. The standard InChI is InChI=1S/C17H27NO4S/c1-5-6-11-22-17(19)16(12-13(2)3)18-23(20,21)15-9-7-14(4)8-10-15/h7-10,13,16,18H,5-6,11-12H2,1-4H3/t16-/m1/s1. The van der Waals surface area contributed by atoms with Gasteiger partial charge in [-0.15, -0.1) is 0 Å². The molecule has 0 spiro atoms. The molecule has 0 fully saturated rings. The van der Waals surface area contributed by atoms with Crippen molar-refractivity contribution in [1.29, 1.82) is 0 Å². The molecule has 0 aliphatic carbocycles. The van der Waals surface area contributed by atoms with E-state index in [0.29, 0.717) is 13.0 Å². The SMILES string of the molecule is CCCCOC(=O)[C@@H](CC(C)C)NS(=O)(=O)c1ccc(C)cc1. The molecule has 0 saturated heterocycles. The largest absolute Gasteiger partial charge is 0.465 e. The molecule has 0 aliphatic rings. The fourth-order valence-corrected chi connectivity index (χ4v) is 3.25. The average molecular weight is 341 g/mol. The molecular formula is C17H27NO4S. The Bertz CT molecular complexity index is 594. The van der Waals surface area contributed by atoms with Crippen molar-refractivity contribution in [3.05, 3.63) is 29.8 Å². The number of hydrogen-bond donors (Lipinski definition) is 1. The lowest BCUT2D eigenvalue weighted by Crippen LogP contribution is -2.42. The van der Waals surface area contributed by atoms with Gasteiger partial charge < -0.3 is 4.74 Å². The lowest BCUT2D eigenvalue weighted by atomic mass is 10.1. The number of sulfonamides is 1. The molecule has 1 rings (SSSR count). The first kappa shape index (κ1) is 19.6. The van der Waals surface area contributed by atoms with Crippen LogP contribution >= 0.6 is 0 Å². The number of benzene rings is 1. The van der Waals surface area contributed by atoms with Crippen molar-refractivity contribution in [2.45, 2.75) is 57.9 Å². The maximum absolute atomic E-state index is 12.5. The Morgan fingerprint density at radius 2 is 1.83 bits per heavy atom. The summed E-state index contributed by atoms with van der Waals surface area (Å²) in [7, 11) is -3.75. The highest BCUT2D eigenvalue weighted by atomic mass is 32.2. The van der Waals surface area contributed by atoms with Crippen molar-refractivity contribution in [3.8, 4) is 0 Å². The summed E-state index contributed by atoms with van der Waals surface area (Å²) in [5, 5.41) is 0. The molecule has 0 heterocycles. The van der Waals surface area contributed by atoms with E-state index in [1.807, 2.05) is 27.7 Å². The fraction of sp³-hybridized carbons (Fsp3) is 0.588. The van der Waals surface area contributed by atoms with Crippen LogP contribution in [0.25, 0.3) is 0 Å². The lowest BCUT2D eigenvalue weighted by Gasteiger charge is -2.19. The van der Waals surface area contributed by atoms with Crippen LogP contribution in [0.2, 0.25) is 0 Å². The molecular weight excluding hydrogens is 314 g/mol. The molecule has 0 saturated carbocycles. The molecule has 1 atom stereocenters. The average Bonchev–Trinajstić information content (AvgIpc) is 2.46. The van der Waals surface area contributed by atoms with Gasteiger partial charge in [0.25, 0.3) is 0 Å². The molecule has 0 unspecified atom stereocenters. The maximum Gasteiger partial charge on any atom is 0.324 e. The number of nitrogens with one attached hydrogen (secondary N) is 1. The first-order valence-corrected chi connectivity index (χ1v) is 9.50. The number of carbonyl (C=O) groups is 1. The highest BCUT2D eigenvalue weighted by Gasteiger charge is 2.27. The van der Waals surface area contributed by atoms with Crippen molar-refractivity contribution in [2.24, 2.45) is 5.92 Å². The van der Waals surface area contributed by atoms with Crippen LogP contribution in [0.3, 0.4) is 0 Å². The van der Waals surface area contributed by atoms with E-state index in [4.69, 9.17) is 4.74 Å². The second-order valence-electron chi connectivity index (χ2n) is 6.14. The van der Waals surface area contributed by atoms with E-state index in [2.05, 4.69) is 4.72 Å². The van der Waals surface area contributed by atoms with E-state index in [1.54, 1.807) is 12.1 Å². The Morgan fingerprint density at radius 3 is 2.35 bits per heavy atom. The number of carbonyl (C=O) groups excluding carboxylic acids is 1. The molecule has 0 aliphatic heterocycles. The van der Waals surface area contributed by atoms with Gasteiger partial charge in [0.2, 0.25) is 10.0 Å². The third-order valence-corrected chi connectivity index (χ3v) is 4.85. The molecule has 0 radical (unpaired) electrons. The number of ether oxygens (including phenoxy) is 1. The van der Waals surface area contributed by atoms with Gasteiger partial charge >= 0.3 is 5.97 Å². The van der Waals surface area contributed by atoms with Crippen molar-refractivity contribution >= 4 is 16.0 Å². The summed E-state index contributed by atoms with van der Waals surface area (Å²) in [4.78, 5) is 12.3. The van der Waals surface area contributed by atoms with E-state index >= 15 is 0 Å². The zero-order valence-electron chi connectivity index (χ0n) is 14.3. The third kappa shape index (κ3) is 6.71. The van der Waals surface area contributed by atoms with Gasteiger partial charge in [-0.2, -0.15) is 4.72 Å². The summed E-state index contributed by atoms with van der Waals surface area (Å²) in [5.74, 6) is -0.345. The first-order valence-electron chi connectivity index (χ1n) is 8.02. The van der Waals surface area contributed by atoms with Crippen LogP contribution in [-0.4, -0.2) is 27.0 Å². The van der Waals surface area contributed by atoms with Crippen LogP contribution < -0.4 is 4.72 Å². The van der Waals surface area contributed by atoms with E-state index in [-0.39, 0.29) is 10.8 Å². The van der Waals surface area contributed by atoms with Gasteiger partial charge in [0, 0.05) is 0 Å². The van der Waals surface area contributed by atoms with Gasteiger partial charge in [-0.25, -0.2) is 8.42 Å². The van der Waals surface area contributed by atoms with Gasteiger partial charge in [0.05, 0.1) is 11.5 Å².